The minimum atomic E-state index is -5.60. The van der Waals surface area contributed by atoms with Crippen molar-refractivity contribution in [2.75, 3.05) is 13.1 Å². The van der Waals surface area contributed by atoms with Crippen molar-refractivity contribution in [2.24, 2.45) is 5.41 Å². The summed E-state index contributed by atoms with van der Waals surface area (Å²) in [5.74, 6) is -2.85. The molecule has 0 bridgehead atoms. The average molecular weight is 356 g/mol. The van der Waals surface area contributed by atoms with E-state index in [0.717, 1.165) is 12.3 Å². The Balaban J connectivity index is 2.37. The van der Waals surface area contributed by atoms with Crippen molar-refractivity contribution >= 4 is 11.9 Å². The number of pyridine rings is 1. The molecule has 1 amide bonds. The zero-order chi connectivity index (χ0) is 18.3. The third-order valence-corrected chi connectivity index (χ3v) is 3.88. The van der Waals surface area contributed by atoms with Crippen molar-refractivity contribution in [3.8, 4) is 0 Å². The highest BCUT2D eigenvalue weighted by molar-refractivity contribution is 6.03. The number of aromatic carboxylic acids is 1. The van der Waals surface area contributed by atoms with E-state index in [4.69, 9.17) is 5.11 Å². The van der Waals surface area contributed by atoms with E-state index in [0.29, 0.717) is 4.90 Å². The molecule has 132 valence electrons. The van der Waals surface area contributed by atoms with Gasteiger partial charge >= 0.3 is 18.3 Å². The van der Waals surface area contributed by atoms with Crippen LogP contribution in [0.4, 0.5) is 26.3 Å². The van der Waals surface area contributed by atoms with Crippen LogP contribution < -0.4 is 0 Å². The van der Waals surface area contributed by atoms with Gasteiger partial charge < -0.3 is 10.0 Å². The molecule has 1 fully saturated rings. The second-order valence-electron chi connectivity index (χ2n) is 5.26. The predicted octanol–water partition coefficient (Wildman–Crippen LogP) is 2.74. The molecule has 0 atom stereocenters. The SMILES string of the molecule is O=C(O)c1cccnc1C(=O)N1CCC(C(F)(F)F)(C(F)(F)F)C1. The van der Waals surface area contributed by atoms with Gasteiger partial charge in [-0.1, -0.05) is 0 Å². The first-order valence-electron chi connectivity index (χ1n) is 6.52. The standard InChI is InChI=1S/C13H10F6N2O3/c14-12(15,16)11(13(17,18)19)3-5-21(6-11)9(22)8-7(10(23)24)2-1-4-20-8/h1-2,4H,3,5-6H2,(H,23,24). The van der Waals surface area contributed by atoms with E-state index in [2.05, 4.69) is 4.98 Å². The van der Waals surface area contributed by atoms with Crippen LogP contribution in [0, 0.1) is 5.41 Å². The maximum absolute atomic E-state index is 13.0. The number of carboxylic acids is 1. The summed E-state index contributed by atoms with van der Waals surface area (Å²) in [7, 11) is 0. The van der Waals surface area contributed by atoms with Gasteiger partial charge in [-0.2, -0.15) is 26.3 Å². The highest BCUT2D eigenvalue weighted by Gasteiger charge is 2.73. The van der Waals surface area contributed by atoms with Gasteiger partial charge in [0.15, 0.2) is 5.41 Å². The topological polar surface area (TPSA) is 70.5 Å². The second kappa shape index (κ2) is 5.64. The number of alkyl halides is 6. The molecule has 2 heterocycles. The van der Waals surface area contributed by atoms with Crippen LogP contribution >= 0.6 is 0 Å². The van der Waals surface area contributed by atoms with E-state index in [1.165, 1.54) is 6.07 Å². The fraction of sp³-hybridized carbons (Fsp3) is 0.462. The number of halogens is 6. The number of rotatable bonds is 2. The Hall–Kier alpha value is -2.33. The molecule has 1 saturated heterocycles. The zero-order valence-electron chi connectivity index (χ0n) is 11.8. The lowest BCUT2D eigenvalue weighted by Crippen LogP contribution is -2.52. The molecule has 1 N–H and O–H groups in total. The van der Waals surface area contributed by atoms with Crippen molar-refractivity contribution < 1.29 is 41.0 Å². The van der Waals surface area contributed by atoms with Crippen LogP contribution in [0.1, 0.15) is 27.3 Å². The molecule has 0 aliphatic carbocycles. The Kier molecular flexibility index (Phi) is 4.23. The summed E-state index contributed by atoms with van der Waals surface area (Å²) in [5, 5.41) is 8.95. The summed E-state index contributed by atoms with van der Waals surface area (Å²) in [6, 6.07) is 2.17. The Morgan fingerprint density at radius 3 is 2.21 bits per heavy atom. The van der Waals surface area contributed by atoms with Gasteiger partial charge in [-0.25, -0.2) is 4.79 Å². The Morgan fingerprint density at radius 2 is 1.75 bits per heavy atom. The molecule has 1 aromatic rings. The second-order valence-corrected chi connectivity index (χ2v) is 5.26. The fourth-order valence-electron chi connectivity index (χ4n) is 2.50. The number of hydrogen-bond donors (Lipinski definition) is 1. The van der Waals surface area contributed by atoms with E-state index in [-0.39, 0.29) is 0 Å². The minimum absolute atomic E-state index is 0.329. The van der Waals surface area contributed by atoms with Crippen LogP contribution in [-0.4, -0.2) is 52.3 Å². The van der Waals surface area contributed by atoms with Crippen LogP contribution in [0.2, 0.25) is 0 Å². The maximum atomic E-state index is 13.0. The van der Waals surface area contributed by atoms with E-state index in [1.807, 2.05) is 0 Å². The molecule has 0 radical (unpaired) electrons. The Bertz CT molecular complexity index is 656. The molecule has 0 saturated carbocycles. The predicted molar refractivity (Wildman–Crippen MR) is 66.3 cm³/mol. The first-order chi connectivity index (χ1) is 10.9. The van der Waals surface area contributed by atoms with Crippen LogP contribution in [0.25, 0.3) is 0 Å². The van der Waals surface area contributed by atoms with Crippen LogP contribution in [0.3, 0.4) is 0 Å². The monoisotopic (exact) mass is 356 g/mol. The van der Waals surface area contributed by atoms with Gasteiger partial charge in [-0.05, 0) is 18.6 Å². The first kappa shape index (κ1) is 18.0. The molecule has 11 heteroatoms. The largest absolute Gasteiger partial charge is 0.478 e. The number of likely N-dealkylation sites (tertiary alicyclic amines) is 1. The Labute approximate surface area is 130 Å². The summed E-state index contributed by atoms with van der Waals surface area (Å²) in [6.07, 6.45) is -11.5. The smallest absolute Gasteiger partial charge is 0.404 e. The quantitative estimate of drug-likeness (QED) is 0.828. The third-order valence-electron chi connectivity index (χ3n) is 3.88. The van der Waals surface area contributed by atoms with Gasteiger partial charge in [-0.3, -0.25) is 9.78 Å². The van der Waals surface area contributed by atoms with Gasteiger partial charge in [0.1, 0.15) is 5.69 Å². The van der Waals surface area contributed by atoms with Gasteiger partial charge in [0, 0.05) is 19.3 Å². The van der Waals surface area contributed by atoms with Crippen molar-refractivity contribution in [1.29, 1.82) is 0 Å². The molecule has 2 rings (SSSR count). The lowest BCUT2D eigenvalue weighted by atomic mass is 9.85. The van der Waals surface area contributed by atoms with Crippen LogP contribution in [0.15, 0.2) is 18.3 Å². The maximum Gasteiger partial charge on any atom is 0.404 e. The summed E-state index contributed by atoms with van der Waals surface area (Å²) >= 11 is 0. The molecule has 0 unspecified atom stereocenters. The first-order valence-corrected chi connectivity index (χ1v) is 6.52. The average Bonchev–Trinajstić information content (AvgIpc) is 2.92. The van der Waals surface area contributed by atoms with Gasteiger partial charge in [0.2, 0.25) is 0 Å². The normalized spacial score (nSPS) is 17.8. The molecule has 0 spiro atoms. The van der Waals surface area contributed by atoms with Crippen molar-refractivity contribution in [1.82, 2.24) is 9.88 Å². The summed E-state index contributed by atoms with van der Waals surface area (Å²) in [6.45, 7) is -2.44. The lowest BCUT2D eigenvalue weighted by Gasteiger charge is -2.33. The van der Waals surface area contributed by atoms with Crippen molar-refractivity contribution in [3.05, 3.63) is 29.6 Å². The number of nitrogens with zero attached hydrogens (tertiary/aromatic N) is 2. The van der Waals surface area contributed by atoms with Crippen molar-refractivity contribution in [2.45, 2.75) is 18.8 Å². The molecular formula is C13H10F6N2O3. The van der Waals surface area contributed by atoms with Gasteiger partial charge in [-0.15, -0.1) is 0 Å². The molecular weight excluding hydrogens is 346 g/mol. The van der Waals surface area contributed by atoms with E-state index < -0.39 is 60.4 Å². The lowest BCUT2D eigenvalue weighted by molar-refractivity contribution is -0.334. The number of hydrogen-bond acceptors (Lipinski definition) is 3. The number of carbonyl (C=O) groups excluding carboxylic acids is 1. The molecule has 0 aromatic carbocycles. The van der Waals surface area contributed by atoms with E-state index in [1.54, 1.807) is 0 Å². The molecule has 1 aliphatic heterocycles. The minimum Gasteiger partial charge on any atom is -0.478 e. The highest BCUT2D eigenvalue weighted by atomic mass is 19.4. The molecule has 1 aliphatic rings. The number of amides is 1. The molecule has 1 aromatic heterocycles. The summed E-state index contributed by atoms with van der Waals surface area (Å²) < 4.78 is 77.9. The third kappa shape index (κ3) is 2.78. The van der Waals surface area contributed by atoms with E-state index >= 15 is 0 Å². The fourth-order valence-corrected chi connectivity index (χ4v) is 2.50. The van der Waals surface area contributed by atoms with E-state index in [9.17, 15) is 35.9 Å². The van der Waals surface area contributed by atoms with Gasteiger partial charge in [0.05, 0.1) is 5.56 Å². The summed E-state index contributed by atoms with van der Waals surface area (Å²) in [5.41, 5.74) is -5.34. The molecule has 24 heavy (non-hydrogen) atoms. The highest BCUT2D eigenvalue weighted by Crippen LogP contribution is 2.55. The number of carboxylic acid groups (broad SMARTS) is 1. The van der Waals surface area contributed by atoms with Crippen LogP contribution in [-0.2, 0) is 0 Å². The number of carbonyl (C=O) groups is 2. The van der Waals surface area contributed by atoms with Crippen LogP contribution in [0.5, 0.6) is 0 Å². The number of aromatic nitrogens is 1. The van der Waals surface area contributed by atoms with Gasteiger partial charge in [0.25, 0.3) is 5.91 Å². The Morgan fingerprint density at radius 1 is 1.17 bits per heavy atom. The zero-order valence-corrected chi connectivity index (χ0v) is 11.8. The molecule has 5 nitrogen and oxygen atoms in total. The van der Waals surface area contributed by atoms with Crippen molar-refractivity contribution in [3.63, 3.8) is 0 Å². The summed E-state index contributed by atoms with van der Waals surface area (Å²) in [4.78, 5) is 27.0.